The van der Waals surface area contributed by atoms with Crippen molar-refractivity contribution >= 4 is 22.4 Å². The fourth-order valence-electron chi connectivity index (χ4n) is 1.50. The van der Waals surface area contributed by atoms with E-state index in [1.165, 1.54) is 0 Å². The van der Waals surface area contributed by atoms with E-state index in [1.54, 1.807) is 26.0 Å². The molecule has 6 heteroatoms. The monoisotopic (exact) mass is 320 g/mol. The predicted octanol–water partition coefficient (Wildman–Crippen LogP) is 2.42. The molecule has 1 rings (SSSR count). The lowest BCUT2D eigenvalue weighted by atomic mass is 9.87. The number of rotatable bonds is 4. The van der Waals surface area contributed by atoms with Gasteiger partial charge in [0.25, 0.3) is 0 Å². The molecule has 0 saturated heterocycles. The van der Waals surface area contributed by atoms with Gasteiger partial charge in [0.2, 0.25) is 10.0 Å². The average molecular weight is 321 g/mol. The standard InChI is InChI=1S/C14H24N2O2S.ClH/c1-13(2,3)11-6-8-12(9-7-11)19(17,18)16-10-14(4,5)15;/h6-9,16H,10,15H2,1-5H3;1H. The highest BCUT2D eigenvalue weighted by atomic mass is 35.5. The number of hydrogen-bond donors (Lipinski definition) is 2. The Kier molecular flexibility index (Phi) is 6.23. The second-order valence-corrected chi connectivity index (χ2v) is 8.35. The van der Waals surface area contributed by atoms with Crippen LogP contribution in [0.3, 0.4) is 0 Å². The molecule has 0 bridgehead atoms. The minimum atomic E-state index is -3.49. The Balaban J connectivity index is 0.00000361. The van der Waals surface area contributed by atoms with Gasteiger partial charge in [-0.05, 0) is 37.0 Å². The van der Waals surface area contributed by atoms with Crippen molar-refractivity contribution in [2.45, 2.75) is 50.5 Å². The Morgan fingerprint density at radius 1 is 1.05 bits per heavy atom. The highest BCUT2D eigenvalue weighted by Gasteiger charge is 2.20. The molecule has 0 radical (unpaired) electrons. The molecule has 3 N–H and O–H groups in total. The number of halogens is 1. The Labute approximate surface area is 128 Å². The van der Waals surface area contributed by atoms with E-state index in [9.17, 15) is 8.42 Å². The number of benzene rings is 1. The molecule has 0 aromatic heterocycles. The molecule has 0 unspecified atom stereocenters. The molecule has 0 saturated carbocycles. The van der Waals surface area contributed by atoms with Gasteiger partial charge in [0.05, 0.1) is 4.90 Å². The van der Waals surface area contributed by atoms with Gasteiger partial charge in [-0.2, -0.15) is 0 Å². The van der Waals surface area contributed by atoms with Crippen molar-refractivity contribution in [2.24, 2.45) is 5.73 Å². The van der Waals surface area contributed by atoms with E-state index in [0.29, 0.717) is 0 Å². The summed E-state index contributed by atoms with van der Waals surface area (Å²) in [5.74, 6) is 0. The van der Waals surface area contributed by atoms with Gasteiger partial charge in [-0.3, -0.25) is 0 Å². The maximum absolute atomic E-state index is 12.1. The quantitative estimate of drug-likeness (QED) is 0.895. The number of hydrogen-bond acceptors (Lipinski definition) is 3. The third kappa shape index (κ3) is 5.79. The Hall–Kier alpha value is -0.620. The predicted molar refractivity (Wildman–Crippen MR) is 85.8 cm³/mol. The van der Waals surface area contributed by atoms with Gasteiger partial charge in [-0.15, -0.1) is 12.4 Å². The fraction of sp³-hybridized carbons (Fsp3) is 0.571. The summed E-state index contributed by atoms with van der Waals surface area (Å²) in [6.07, 6.45) is 0. The van der Waals surface area contributed by atoms with Gasteiger partial charge in [0, 0.05) is 12.1 Å². The second-order valence-electron chi connectivity index (χ2n) is 6.59. The van der Waals surface area contributed by atoms with Crippen molar-refractivity contribution in [3.63, 3.8) is 0 Å². The van der Waals surface area contributed by atoms with Crippen LogP contribution in [0, 0.1) is 0 Å². The van der Waals surface area contributed by atoms with E-state index >= 15 is 0 Å². The van der Waals surface area contributed by atoms with Crippen molar-refractivity contribution in [3.05, 3.63) is 29.8 Å². The lowest BCUT2D eigenvalue weighted by Crippen LogP contribution is -2.45. The number of nitrogens with one attached hydrogen (secondary N) is 1. The van der Waals surface area contributed by atoms with Crippen LogP contribution in [0.15, 0.2) is 29.2 Å². The largest absolute Gasteiger partial charge is 0.324 e. The summed E-state index contributed by atoms with van der Waals surface area (Å²) in [5, 5.41) is 0. The molecule has 0 aliphatic rings. The molecule has 0 spiro atoms. The summed E-state index contributed by atoms with van der Waals surface area (Å²) >= 11 is 0. The highest BCUT2D eigenvalue weighted by Crippen LogP contribution is 2.23. The molecule has 0 fully saturated rings. The highest BCUT2D eigenvalue weighted by molar-refractivity contribution is 7.89. The molecule has 0 aliphatic carbocycles. The summed E-state index contributed by atoms with van der Waals surface area (Å²) in [6, 6.07) is 6.96. The smallest absolute Gasteiger partial charge is 0.240 e. The molecule has 116 valence electrons. The van der Waals surface area contributed by atoms with Gasteiger partial charge in [0.15, 0.2) is 0 Å². The van der Waals surface area contributed by atoms with E-state index < -0.39 is 15.6 Å². The summed E-state index contributed by atoms with van der Waals surface area (Å²) in [6.45, 7) is 10.0. The fourth-order valence-corrected chi connectivity index (χ4v) is 2.72. The van der Waals surface area contributed by atoms with Crippen LogP contribution in [0.2, 0.25) is 0 Å². The first-order valence-electron chi connectivity index (χ1n) is 6.31. The molecule has 0 atom stereocenters. The van der Waals surface area contributed by atoms with Crippen molar-refractivity contribution in [1.29, 1.82) is 0 Å². The van der Waals surface area contributed by atoms with Crippen molar-refractivity contribution in [1.82, 2.24) is 4.72 Å². The van der Waals surface area contributed by atoms with Crippen LogP contribution < -0.4 is 10.5 Å². The summed E-state index contributed by atoms with van der Waals surface area (Å²) in [4.78, 5) is 0.268. The van der Waals surface area contributed by atoms with E-state index in [-0.39, 0.29) is 29.3 Å². The van der Waals surface area contributed by atoms with Crippen LogP contribution in [0.25, 0.3) is 0 Å². The first-order valence-corrected chi connectivity index (χ1v) is 7.79. The van der Waals surface area contributed by atoms with Crippen molar-refractivity contribution < 1.29 is 8.42 Å². The van der Waals surface area contributed by atoms with Crippen LogP contribution >= 0.6 is 12.4 Å². The zero-order chi connectivity index (χ0) is 14.9. The SMILES string of the molecule is CC(C)(N)CNS(=O)(=O)c1ccc(C(C)(C)C)cc1.Cl. The minimum Gasteiger partial charge on any atom is -0.324 e. The van der Waals surface area contributed by atoms with E-state index in [0.717, 1.165) is 5.56 Å². The topological polar surface area (TPSA) is 72.2 Å². The van der Waals surface area contributed by atoms with Crippen LogP contribution in [-0.4, -0.2) is 20.5 Å². The Morgan fingerprint density at radius 3 is 1.85 bits per heavy atom. The molecule has 1 aromatic rings. The molecular formula is C14H25ClN2O2S. The molecular weight excluding hydrogens is 296 g/mol. The lowest BCUT2D eigenvalue weighted by Gasteiger charge is -2.20. The Morgan fingerprint density at radius 2 is 1.50 bits per heavy atom. The molecule has 0 amide bonds. The maximum atomic E-state index is 12.1. The van der Waals surface area contributed by atoms with Crippen LogP contribution in [0.4, 0.5) is 0 Å². The minimum absolute atomic E-state index is 0. The van der Waals surface area contributed by atoms with E-state index in [2.05, 4.69) is 25.5 Å². The van der Waals surface area contributed by atoms with E-state index in [4.69, 9.17) is 5.73 Å². The van der Waals surface area contributed by atoms with E-state index in [1.807, 2.05) is 12.1 Å². The maximum Gasteiger partial charge on any atom is 0.240 e. The van der Waals surface area contributed by atoms with Gasteiger partial charge < -0.3 is 5.73 Å². The summed E-state index contributed by atoms with van der Waals surface area (Å²) < 4.78 is 26.7. The van der Waals surface area contributed by atoms with Crippen LogP contribution in [0.1, 0.15) is 40.2 Å². The van der Waals surface area contributed by atoms with Crippen molar-refractivity contribution in [3.8, 4) is 0 Å². The molecule has 0 heterocycles. The molecule has 1 aromatic carbocycles. The first-order chi connectivity index (χ1) is 8.42. The van der Waals surface area contributed by atoms with Gasteiger partial charge in [0.1, 0.15) is 0 Å². The summed E-state index contributed by atoms with van der Waals surface area (Å²) in [5.41, 5.74) is 6.32. The van der Waals surface area contributed by atoms with Crippen molar-refractivity contribution in [2.75, 3.05) is 6.54 Å². The average Bonchev–Trinajstić information content (AvgIpc) is 2.25. The first kappa shape index (κ1) is 19.4. The zero-order valence-corrected chi connectivity index (χ0v) is 14.4. The Bertz CT molecular complexity index is 526. The van der Waals surface area contributed by atoms with Gasteiger partial charge in [-0.1, -0.05) is 32.9 Å². The molecule has 20 heavy (non-hydrogen) atoms. The zero-order valence-electron chi connectivity index (χ0n) is 12.7. The number of sulfonamides is 1. The lowest BCUT2D eigenvalue weighted by molar-refractivity contribution is 0.498. The summed E-state index contributed by atoms with van der Waals surface area (Å²) in [7, 11) is -3.49. The van der Waals surface area contributed by atoms with Gasteiger partial charge in [-0.25, -0.2) is 13.1 Å². The third-order valence-corrected chi connectivity index (χ3v) is 4.17. The van der Waals surface area contributed by atoms with Gasteiger partial charge >= 0.3 is 0 Å². The molecule has 4 nitrogen and oxygen atoms in total. The number of nitrogens with two attached hydrogens (primary N) is 1. The third-order valence-electron chi connectivity index (χ3n) is 2.75. The van der Waals surface area contributed by atoms with Crippen LogP contribution in [-0.2, 0) is 15.4 Å². The molecule has 0 aliphatic heterocycles. The second kappa shape index (κ2) is 6.43. The normalized spacial score (nSPS) is 12.9. The van der Waals surface area contributed by atoms with Crippen LogP contribution in [0.5, 0.6) is 0 Å².